The van der Waals surface area contributed by atoms with E-state index in [0.29, 0.717) is 12.0 Å². The van der Waals surface area contributed by atoms with Gasteiger partial charge in [0.05, 0.1) is 11.7 Å². The first-order valence-electron chi connectivity index (χ1n) is 5.93. The highest BCUT2D eigenvalue weighted by molar-refractivity contribution is 5.85. The van der Waals surface area contributed by atoms with Crippen molar-refractivity contribution < 1.29 is 0 Å². The summed E-state index contributed by atoms with van der Waals surface area (Å²) >= 11 is 0. The molecule has 2 aromatic rings. The summed E-state index contributed by atoms with van der Waals surface area (Å²) in [6, 6.07) is 6.35. The third-order valence-corrected chi connectivity index (χ3v) is 3.25. The van der Waals surface area contributed by atoms with E-state index in [2.05, 4.69) is 31.5 Å². The van der Waals surface area contributed by atoms with Gasteiger partial charge in [-0.2, -0.15) is 5.10 Å². The zero-order chi connectivity index (χ0) is 11.5. The monoisotopic (exact) mass is 301 g/mol. The van der Waals surface area contributed by atoms with E-state index in [0.717, 1.165) is 30.9 Å². The molecule has 19 heavy (non-hydrogen) atoms. The predicted octanol–water partition coefficient (Wildman–Crippen LogP) is 2.25. The summed E-state index contributed by atoms with van der Waals surface area (Å²) in [5.74, 6) is 1.35. The number of nitrogens with zero attached hydrogens (tertiary/aromatic N) is 3. The molecule has 1 aliphatic heterocycles. The summed E-state index contributed by atoms with van der Waals surface area (Å²) in [6.07, 6.45) is 5.58. The first-order chi connectivity index (χ1) is 8.43. The molecule has 0 bridgehead atoms. The first kappa shape index (κ1) is 15.9. The fraction of sp³-hybridized carbons (Fsp3) is 0.417. The Balaban J connectivity index is 0.000000902. The Labute approximate surface area is 124 Å². The van der Waals surface area contributed by atoms with Crippen LogP contribution < -0.4 is 5.32 Å². The number of aromatic amines is 1. The minimum absolute atomic E-state index is 0. The molecule has 2 unspecified atom stereocenters. The highest BCUT2D eigenvalue weighted by atomic mass is 35.5. The van der Waals surface area contributed by atoms with Gasteiger partial charge in [0.2, 0.25) is 0 Å². The van der Waals surface area contributed by atoms with Gasteiger partial charge in [0.1, 0.15) is 6.33 Å². The maximum atomic E-state index is 4.41. The smallest absolute Gasteiger partial charge is 0.153 e. The molecule has 0 aliphatic carbocycles. The van der Waals surface area contributed by atoms with Crippen molar-refractivity contribution in [1.29, 1.82) is 0 Å². The second-order valence-corrected chi connectivity index (χ2v) is 4.34. The van der Waals surface area contributed by atoms with Crippen LogP contribution in [-0.4, -0.2) is 26.7 Å². The molecule has 0 spiro atoms. The van der Waals surface area contributed by atoms with Gasteiger partial charge in [-0.15, -0.1) is 24.8 Å². The molecular weight excluding hydrogens is 285 g/mol. The topological polar surface area (TPSA) is 66.5 Å². The van der Waals surface area contributed by atoms with Crippen molar-refractivity contribution >= 4 is 24.8 Å². The normalized spacial score (nSPS) is 22.1. The number of aromatic nitrogens is 4. The molecule has 0 aromatic carbocycles. The van der Waals surface area contributed by atoms with Crippen LogP contribution in [0.1, 0.15) is 36.3 Å². The minimum atomic E-state index is 0. The lowest BCUT2D eigenvalue weighted by molar-refractivity contribution is 0.355. The number of rotatable bonds is 2. The van der Waals surface area contributed by atoms with Gasteiger partial charge >= 0.3 is 0 Å². The zero-order valence-corrected chi connectivity index (χ0v) is 12.0. The van der Waals surface area contributed by atoms with Gasteiger partial charge < -0.3 is 5.32 Å². The molecule has 2 N–H and O–H groups in total. The standard InChI is InChI=1S/C12H15N5.2ClH/c1-2-5-13-10(3-1)11-7-9(4-6-14-11)12-15-8-16-17-12;;/h1-3,5,8-9,11,14H,4,6-7H2,(H,15,16,17);2*1H. The van der Waals surface area contributed by atoms with Crippen LogP contribution in [0.5, 0.6) is 0 Å². The summed E-state index contributed by atoms with van der Waals surface area (Å²) in [5, 5.41) is 10.5. The van der Waals surface area contributed by atoms with Crippen molar-refractivity contribution in [3.63, 3.8) is 0 Å². The number of H-pyrrole nitrogens is 1. The van der Waals surface area contributed by atoms with Crippen LogP contribution in [0.2, 0.25) is 0 Å². The van der Waals surface area contributed by atoms with Crippen molar-refractivity contribution in [1.82, 2.24) is 25.5 Å². The highest BCUT2D eigenvalue weighted by Gasteiger charge is 2.26. The van der Waals surface area contributed by atoms with Crippen LogP contribution >= 0.6 is 24.8 Å². The highest BCUT2D eigenvalue weighted by Crippen LogP contribution is 2.31. The summed E-state index contributed by atoms with van der Waals surface area (Å²) in [6.45, 7) is 0.987. The Kier molecular flexibility index (Phi) is 6.21. The van der Waals surface area contributed by atoms with Crippen LogP contribution in [-0.2, 0) is 0 Å². The van der Waals surface area contributed by atoms with E-state index < -0.39 is 0 Å². The number of piperidine rings is 1. The number of hydrogen-bond acceptors (Lipinski definition) is 4. The summed E-state index contributed by atoms with van der Waals surface area (Å²) in [4.78, 5) is 8.66. The van der Waals surface area contributed by atoms with Gasteiger partial charge in [-0.3, -0.25) is 10.1 Å². The van der Waals surface area contributed by atoms with E-state index in [1.165, 1.54) is 0 Å². The number of halogens is 2. The average molecular weight is 302 g/mol. The van der Waals surface area contributed by atoms with Crippen LogP contribution in [0.15, 0.2) is 30.7 Å². The van der Waals surface area contributed by atoms with E-state index in [1.54, 1.807) is 6.33 Å². The quantitative estimate of drug-likeness (QED) is 0.893. The maximum Gasteiger partial charge on any atom is 0.153 e. The Bertz CT molecular complexity index is 462. The van der Waals surface area contributed by atoms with Gasteiger partial charge in [0.15, 0.2) is 5.82 Å². The molecule has 7 heteroatoms. The van der Waals surface area contributed by atoms with Crippen LogP contribution in [0, 0.1) is 0 Å². The molecule has 0 radical (unpaired) electrons. The Morgan fingerprint density at radius 1 is 1.16 bits per heavy atom. The van der Waals surface area contributed by atoms with Crippen molar-refractivity contribution in [2.24, 2.45) is 0 Å². The number of pyridine rings is 1. The van der Waals surface area contributed by atoms with Crippen LogP contribution in [0.4, 0.5) is 0 Å². The lowest BCUT2D eigenvalue weighted by Crippen LogP contribution is -2.31. The predicted molar refractivity (Wildman–Crippen MR) is 77.8 cm³/mol. The van der Waals surface area contributed by atoms with E-state index in [4.69, 9.17) is 0 Å². The van der Waals surface area contributed by atoms with E-state index >= 15 is 0 Å². The molecule has 1 fully saturated rings. The Morgan fingerprint density at radius 3 is 2.74 bits per heavy atom. The second kappa shape index (κ2) is 7.43. The molecular formula is C12H17Cl2N5. The van der Waals surface area contributed by atoms with Crippen molar-refractivity contribution in [3.8, 4) is 0 Å². The van der Waals surface area contributed by atoms with Gasteiger partial charge in [-0.25, -0.2) is 4.98 Å². The van der Waals surface area contributed by atoms with Gasteiger partial charge in [0, 0.05) is 12.1 Å². The minimum Gasteiger partial charge on any atom is -0.309 e. The van der Waals surface area contributed by atoms with Crippen molar-refractivity contribution in [3.05, 3.63) is 42.2 Å². The molecule has 1 aliphatic rings. The molecule has 5 nitrogen and oxygen atoms in total. The number of nitrogens with one attached hydrogen (secondary N) is 2. The van der Waals surface area contributed by atoms with E-state index in [1.807, 2.05) is 18.3 Å². The maximum absolute atomic E-state index is 4.41. The Hall–Kier alpha value is -1.17. The fourth-order valence-corrected chi connectivity index (χ4v) is 2.37. The molecule has 0 saturated carbocycles. The van der Waals surface area contributed by atoms with E-state index in [-0.39, 0.29) is 24.8 Å². The van der Waals surface area contributed by atoms with Crippen LogP contribution in [0.25, 0.3) is 0 Å². The average Bonchev–Trinajstić information content (AvgIpc) is 2.94. The summed E-state index contributed by atoms with van der Waals surface area (Å²) in [7, 11) is 0. The third-order valence-electron chi connectivity index (χ3n) is 3.25. The largest absolute Gasteiger partial charge is 0.309 e. The second-order valence-electron chi connectivity index (χ2n) is 4.34. The lowest BCUT2D eigenvalue weighted by Gasteiger charge is -2.28. The SMILES string of the molecule is Cl.Cl.c1ccc(C2CC(c3nc[nH]n3)CCN2)nc1. The molecule has 2 aromatic heterocycles. The third kappa shape index (κ3) is 3.65. The van der Waals surface area contributed by atoms with Crippen molar-refractivity contribution in [2.75, 3.05) is 6.54 Å². The summed E-state index contributed by atoms with van der Waals surface area (Å²) in [5.41, 5.74) is 1.10. The molecule has 104 valence electrons. The lowest BCUT2D eigenvalue weighted by atomic mass is 9.90. The molecule has 0 amide bonds. The van der Waals surface area contributed by atoms with Crippen LogP contribution in [0.3, 0.4) is 0 Å². The molecule has 3 rings (SSSR count). The Morgan fingerprint density at radius 2 is 2.05 bits per heavy atom. The molecule has 2 atom stereocenters. The molecule has 3 heterocycles. The van der Waals surface area contributed by atoms with Crippen molar-refractivity contribution in [2.45, 2.75) is 24.8 Å². The molecule has 1 saturated heterocycles. The fourth-order valence-electron chi connectivity index (χ4n) is 2.37. The van der Waals surface area contributed by atoms with Gasteiger partial charge in [-0.1, -0.05) is 6.07 Å². The van der Waals surface area contributed by atoms with Gasteiger partial charge in [0.25, 0.3) is 0 Å². The summed E-state index contributed by atoms with van der Waals surface area (Å²) < 4.78 is 0. The first-order valence-corrected chi connectivity index (χ1v) is 5.93. The van der Waals surface area contributed by atoms with Gasteiger partial charge in [-0.05, 0) is 31.5 Å². The van der Waals surface area contributed by atoms with E-state index in [9.17, 15) is 0 Å². The number of hydrogen-bond donors (Lipinski definition) is 2. The zero-order valence-electron chi connectivity index (χ0n) is 10.3.